The molecule has 0 saturated heterocycles. The first-order valence-corrected chi connectivity index (χ1v) is 7.24. The molecule has 1 N–H and O–H groups in total. The van der Waals surface area contributed by atoms with E-state index in [9.17, 15) is 14.4 Å². The smallest absolute Gasteiger partial charge is 0.261 e. The van der Waals surface area contributed by atoms with Crippen LogP contribution in [0, 0.1) is 0 Å². The molecule has 0 fully saturated rings. The predicted octanol–water partition coefficient (Wildman–Crippen LogP) is 0.923. The van der Waals surface area contributed by atoms with E-state index in [2.05, 4.69) is 10.3 Å². The van der Waals surface area contributed by atoms with Crippen molar-refractivity contribution in [3.63, 3.8) is 0 Å². The first-order valence-electron chi connectivity index (χ1n) is 7.24. The van der Waals surface area contributed by atoms with Crippen LogP contribution in [-0.4, -0.2) is 34.2 Å². The van der Waals surface area contributed by atoms with Gasteiger partial charge in [-0.25, -0.2) is 0 Å². The summed E-state index contributed by atoms with van der Waals surface area (Å²) in [7, 11) is 0. The lowest BCUT2D eigenvalue weighted by molar-refractivity contribution is -0.133. The molecule has 2 heterocycles. The number of nitrogens with one attached hydrogen (secondary N) is 1. The second-order valence-corrected chi connectivity index (χ2v) is 5.22. The van der Waals surface area contributed by atoms with Crippen molar-refractivity contribution in [2.45, 2.75) is 13.0 Å². The summed E-state index contributed by atoms with van der Waals surface area (Å²) in [4.78, 5) is 41.5. The lowest BCUT2D eigenvalue weighted by atomic mass is 9.98. The largest absolute Gasteiger partial charge is 0.349 e. The number of carbonyl (C=O) groups is 3. The molecule has 23 heavy (non-hydrogen) atoms. The molecule has 0 spiro atoms. The summed E-state index contributed by atoms with van der Waals surface area (Å²) in [6.45, 7) is -0.0225. The van der Waals surface area contributed by atoms with Gasteiger partial charge in [0.2, 0.25) is 11.8 Å². The van der Waals surface area contributed by atoms with E-state index in [0.29, 0.717) is 16.8 Å². The van der Waals surface area contributed by atoms with E-state index in [1.807, 2.05) is 6.07 Å². The summed E-state index contributed by atoms with van der Waals surface area (Å²) in [5, 5.41) is 2.66. The SMILES string of the molecule is O=C(CN1C(=O)Cc2ccccc2C1=O)NCc1ccccn1. The minimum absolute atomic E-state index is 0.134. The third kappa shape index (κ3) is 3.26. The summed E-state index contributed by atoms with van der Waals surface area (Å²) in [6, 6.07) is 12.3. The van der Waals surface area contributed by atoms with Gasteiger partial charge in [0.05, 0.1) is 18.7 Å². The van der Waals surface area contributed by atoms with Crippen LogP contribution in [0.1, 0.15) is 21.6 Å². The highest BCUT2D eigenvalue weighted by atomic mass is 16.2. The maximum absolute atomic E-state index is 12.3. The standard InChI is InChI=1S/C17H15N3O3/c21-15(19-10-13-6-3-4-8-18-13)11-20-16(22)9-12-5-1-2-7-14(12)17(20)23/h1-8H,9-11H2,(H,19,21). The molecule has 2 aromatic rings. The molecule has 0 unspecified atom stereocenters. The van der Waals surface area contributed by atoms with Gasteiger partial charge < -0.3 is 5.32 Å². The maximum Gasteiger partial charge on any atom is 0.261 e. The highest BCUT2D eigenvalue weighted by Gasteiger charge is 2.31. The first-order chi connectivity index (χ1) is 11.1. The molecule has 3 rings (SSSR count). The molecule has 0 bridgehead atoms. The van der Waals surface area contributed by atoms with Crippen LogP contribution in [0.3, 0.4) is 0 Å². The number of pyridine rings is 1. The predicted molar refractivity (Wildman–Crippen MR) is 82.3 cm³/mol. The van der Waals surface area contributed by atoms with Crippen molar-refractivity contribution in [3.05, 3.63) is 65.5 Å². The number of rotatable bonds is 4. The Balaban J connectivity index is 1.64. The van der Waals surface area contributed by atoms with E-state index < -0.39 is 11.8 Å². The van der Waals surface area contributed by atoms with Crippen LogP contribution in [-0.2, 0) is 22.6 Å². The topological polar surface area (TPSA) is 79.4 Å². The van der Waals surface area contributed by atoms with Gasteiger partial charge in [-0.2, -0.15) is 0 Å². The Hall–Kier alpha value is -3.02. The number of hydrogen-bond donors (Lipinski definition) is 1. The molecule has 0 radical (unpaired) electrons. The summed E-state index contributed by atoms with van der Waals surface area (Å²) in [5.74, 6) is -1.18. The summed E-state index contributed by atoms with van der Waals surface area (Å²) >= 11 is 0. The van der Waals surface area contributed by atoms with Crippen LogP contribution in [0.25, 0.3) is 0 Å². The van der Waals surface area contributed by atoms with Crippen LogP contribution < -0.4 is 5.32 Å². The Morgan fingerprint density at radius 1 is 1.13 bits per heavy atom. The molecule has 0 atom stereocenters. The van der Waals surface area contributed by atoms with Gasteiger partial charge in [0.1, 0.15) is 6.54 Å². The van der Waals surface area contributed by atoms with Crippen LogP contribution in [0.2, 0.25) is 0 Å². The van der Waals surface area contributed by atoms with Gasteiger partial charge in [-0.15, -0.1) is 0 Å². The van der Waals surface area contributed by atoms with Gasteiger partial charge in [-0.05, 0) is 23.8 Å². The van der Waals surface area contributed by atoms with Crippen molar-refractivity contribution in [1.29, 1.82) is 0 Å². The Morgan fingerprint density at radius 3 is 2.70 bits per heavy atom. The Kier molecular flexibility index (Phi) is 4.14. The minimum atomic E-state index is -0.426. The van der Waals surface area contributed by atoms with Crippen LogP contribution in [0.5, 0.6) is 0 Å². The zero-order chi connectivity index (χ0) is 16.2. The van der Waals surface area contributed by atoms with Crippen LogP contribution >= 0.6 is 0 Å². The molecule has 6 heteroatoms. The molecule has 1 aliphatic rings. The van der Waals surface area contributed by atoms with E-state index in [4.69, 9.17) is 0 Å². The molecule has 116 valence electrons. The fourth-order valence-electron chi connectivity index (χ4n) is 2.45. The zero-order valence-electron chi connectivity index (χ0n) is 12.4. The van der Waals surface area contributed by atoms with Gasteiger partial charge in [-0.3, -0.25) is 24.3 Å². The molecule has 1 aromatic carbocycles. The second kappa shape index (κ2) is 6.39. The van der Waals surface area contributed by atoms with E-state index in [0.717, 1.165) is 4.90 Å². The molecule has 1 aromatic heterocycles. The van der Waals surface area contributed by atoms with Gasteiger partial charge >= 0.3 is 0 Å². The third-order valence-electron chi connectivity index (χ3n) is 3.63. The van der Waals surface area contributed by atoms with Crippen molar-refractivity contribution >= 4 is 17.7 Å². The van der Waals surface area contributed by atoms with Crippen LogP contribution in [0.15, 0.2) is 48.7 Å². The minimum Gasteiger partial charge on any atom is -0.349 e. The van der Waals surface area contributed by atoms with E-state index in [1.54, 1.807) is 42.6 Å². The van der Waals surface area contributed by atoms with Crippen molar-refractivity contribution in [2.75, 3.05) is 6.54 Å². The zero-order valence-corrected chi connectivity index (χ0v) is 12.4. The number of fused-ring (bicyclic) bond motifs is 1. The summed E-state index contributed by atoms with van der Waals surface area (Å²) < 4.78 is 0. The molecular weight excluding hydrogens is 294 g/mol. The summed E-state index contributed by atoms with van der Waals surface area (Å²) in [6.07, 6.45) is 1.77. The summed E-state index contributed by atoms with van der Waals surface area (Å²) in [5.41, 5.74) is 1.89. The molecular formula is C17H15N3O3. The van der Waals surface area contributed by atoms with Gasteiger partial charge in [0.25, 0.3) is 5.91 Å². The second-order valence-electron chi connectivity index (χ2n) is 5.22. The molecule has 3 amide bonds. The molecule has 0 aliphatic carbocycles. The highest BCUT2D eigenvalue weighted by Crippen LogP contribution is 2.19. The molecule has 6 nitrogen and oxygen atoms in total. The maximum atomic E-state index is 12.3. The first kappa shape index (κ1) is 14.9. The fourth-order valence-corrected chi connectivity index (χ4v) is 2.45. The monoisotopic (exact) mass is 309 g/mol. The lowest BCUT2D eigenvalue weighted by Crippen LogP contribution is -2.47. The van der Waals surface area contributed by atoms with Gasteiger partial charge in [0.15, 0.2) is 0 Å². The normalized spacial score (nSPS) is 13.7. The number of benzene rings is 1. The van der Waals surface area contributed by atoms with Gasteiger partial charge in [0, 0.05) is 11.8 Å². The van der Waals surface area contributed by atoms with Crippen molar-refractivity contribution in [2.24, 2.45) is 0 Å². The van der Waals surface area contributed by atoms with Crippen LogP contribution in [0.4, 0.5) is 0 Å². The average Bonchev–Trinajstić information content (AvgIpc) is 2.58. The quantitative estimate of drug-likeness (QED) is 0.852. The van der Waals surface area contributed by atoms with Crippen molar-refractivity contribution in [3.8, 4) is 0 Å². The van der Waals surface area contributed by atoms with Gasteiger partial charge in [-0.1, -0.05) is 24.3 Å². The third-order valence-corrected chi connectivity index (χ3v) is 3.63. The van der Waals surface area contributed by atoms with E-state index in [-0.39, 0.29) is 25.4 Å². The van der Waals surface area contributed by atoms with E-state index in [1.165, 1.54) is 0 Å². The number of amides is 3. The van der Waals surface area contributed by atoms with E-state index >= 15 is 0 Å². The number of nitrogens with zero attached hydrogens (tertiary/aromatic N) is 2. The lowest BCUT2D eigenvalue weighted by Gasteiger charge is -2.26. The van der Waals surface area contributed by atoms with Crippen molar-refractivity contribution in [1.82, 2.24) is 15.2 Å². The molecule has 1 aliphatic heterocycles. The Labute approximate surface area is 133 Å². The molecule has 0 saturated carbocycles. The fraction of sp³-hybridized carbons (Fsp3) is 0.176. The average molecular weight is 309 g/mol. The number of hydrogen-bond acceptors (Lipinski definition) is 4. The number of aromatic nitrogens is 1. The number of imide groups is 1. The number of carbonyl (C=O) groups excluding carboxylic acids is 3. The van der Waals surface area contributed by atoms with Crippen molar-refractivity contribution < 1.29 is 14.4 Å². The highest BCUT2D eigenvalue weighted by molar-refractivity contribution is 6.11. The Morgan fingerprint density at radius 2 is 1.91 bits per heavy atom. The Bertz CT molecular complexity index is 759.